The molecule has 2 aromatic rings. The Kier molecular flexibility index (Phi) is 5.10. The topological polar surface area (TPSA) is 71.4 Å². The van der Waals surface area contributed by atoms with E-state index in [1.54, 1.807) is 13.3 Å². The van der Waals surface area contributed by atoms with Gasteiger partial charge in [-0.05, 0) is 30.5 Å². The first-order valence-corrected chi connectivity index (χ1v) is 9.81. The van der Waals surface area contributed by atoms with Gasteiger partial charge in [0.15, 0.2) is 5.82 Å². The molecule has 1 aromatic carbocycles. The molecule has 0 bridgehead atoms. The lowest BCUT2D eigenvalue weighted by molar-refractivity contribution is 0.375. The molecule has 142 valence electrons. The minimum absolute atomic E-state index is 0.235. The third kappa shape index (κ3) is 3.69. The first-order chi connectivity index (χ1) is 13.1. The minimum Gasteiger partial charge on any atom is -0.467 e. The van der Waals surface area contributed by atoms with Gasteiger partial charge in [-0.1, -0.05) is 48.5 Å². The summed E-state index contributed by atoms with van der Waals surface area (Å²) < 4.78 is 5.16. The molecule has 2 heterocycles. The van der Waals surface area contributed by atoms with Crippen LogP contribution in [0.5, 0.6) is 6.01 Å². The predicted octanol–water partition coefficient (Wildman–Crippen LogP) is 4.74. The molecule has 8 heteroatoms. The normalized spacial score (nSPS) is 17.7. The van der Waals surface area contributed by atoms with Gasteiger partial charge in [0.2, 0.25) is 0 Å². The van der Waals surface area contributed by atoms with E-state index in [1.807, 2.05) is 18.2 Å². The Balaban J connectivity index is 1.63. The fourth-order valence-corrected chi connectivity index (χ4v) is 4.03. The van der Waals surface area contributed by atoms with Crippen LogP contribution < -0.4 is 15.4 Å². The molecule has 0 unspecified atom stereocenters. The highest BCUT2D eigenvalue weighted by Crippen LogP contribution is 2.39. The van der Waals surface area contributed by atoms with Crippen LogP contribution in [-0.4, -0.2) is 28.5 Å². The zero-order chi connectivity index (χ0) is 18.9. The molecular formula is C19H21Cl2N5O. The van der Waals surface area contributed by atoms with Gasteiger partial charge in [0, 0.05) is 6.54 Å². The maximum atomic E-state index is 6.14. The van der Waals surface area contributed by atoms with Crippen molar-refractivity contribution in [2.45, 2.75) is 44.2 Å². The van der Waals surface area contributed by atoms with Crippen molar-refractivity contribution in [1.82, 2.24) is 15.3 Å². The zero-order valence-corrected chi connectivity index (χ0v) is 16.6. The van der Waals surface area contributed by atoms with Crippen molar-refractivity contribution >= 4 is 40.5 Å². The van der Waals surface area contributed by atoms with Gasteiger partial charge in [0.05, 0.1) is 28.9 Å². The Hall–Kier alpha value is -2.05. The van der Waals surface area contributed by atoms with Crippen molar-refractivity contribution in [2.75, 3.05) is 12.4 Å². The van der Waals surface area contributed by atoms with E-state index in [4.69, 9.17) is 32.9 Å². The van der Waals surface area contributed by atoms with E-state index in [0.717, 1.165) is 42.9 Å². The molecule has 1 aromatic heterocycles. The summed E-state index contributed by atoms with van der Waals surface area (Å²) in [4.78, 5) is 13.5. The minimum atomic E-state index is -0.235. The van der Waals surface area contributed by atoms with Gasteiger partial charge in [-0.2, -0.15) is 4.98 Å². The smallest absolute Gasteiger partial charge is 0.318 e. The number of amidine groups is 1. The van der Waals surface area contributed by atoms with Crippen LogP contribution in [0.25, 0.3) is 0 Å². The SMILES string of the molecule is COc1ncc2c(n1)NC1(CCCCC1)C(NCc1ccc(Cl)c(Cl)c1)=N2. The van der Waals surface area contributed by atoms with Gasteiger partial charge in [0.25, 0.3) is 0 Å². The van der Waals surface area contributed by atoms with Crippen LogP contribution >= 0.6 is 23.2 Å². The van der Waals surface area contributed by atoms with Gasteiger partial charge in [-0.3, -0.25) is 0 Å². The number of nitrogens with one attached hydrogen (secondary N) is 2. The molecule has 0 saturated heterocycles. The maximum absolute atomic E-state index is 6.14. The number of aromatic nitrogens is 2. The molecule has 0 radical (unpaired) electrons. The standard InChI is InChI=1S/C19H21Cl2N5O/c1-27-18-23-11-15-16(25-18)26-19(7-3-2-4-8-19)17(24-15)22-10-12-5-6-13(20)14(21)9-12/h5-6,9,11H,2-4,7-8,10H2,1H3,(H,22,24)(H,23,25,26). The highest BCUT2D eigenvalue weighted by Gasteiger charge is 2.41. The summed E-state index contributed by atoms with van der Waals surface area (Å²) in [6.45, 7) is 0.617. The molecule has 0 amide bonds. The van der Waals surface area contributed by atoms with Gasteiger partial charge in [-0.15, -0.1) is 0 Å². The van der Waals surface area contributed by atoms with Crippen LogP contribution in [-0.2, 0) is 6.54 Å². The molecule has 1 aliphatic heterocycles. The molecule has 1 aliphatic carbocycles. The molecular weight excluding hydrogens is 385 g/mol. The van der Waals surface area contributed by atoms with Crippen molar-refractivity contribution in [3.05, 3.63) is 40.0 Å². The Morgan fingerprint density at radius 1 is 1.19 bits per heavy atom. The number of benzene rings is 1. The van der Waals surface area contributed by atoms with Gasteiger partial charge in [-0.25, -0.2) is 9.98 Å². The number of aliphatic imine (C=N–C) groups is 1. The van der Waals surface area contributed by atoms with Crippen molar-refractivity contribution in [3.63, 3.8) is 0 Å². The van der Waals surface area contributed by atoms with E-state index in [-0.39, 0.29) is 5.54 Å². The number of anilines is 1. The van der Waals surface area contributed by atoms with Crippen LogP contribution in [0.4, 0.5) is 11.5 Å². The van der Waals surface area contributed by atoms with Gasteiger partial charge >= 0.3 is 6.01 Å². The monoisotopic (exact) mass is 405 g/mol. The van der Waals surface area contributed by atoms with Crippen molar-refractivity contribution < 1.29 is 4.74 Å². The molecule has 1 fully saturated rings. The number of halogens is 2. The Labute approximate surface area is 168 Å². The fourth-order valence-electron chi connectivity index (χ4n) is 3.71. The number of nitrogens with zero attached hydrogens (tertiary/aromatic N) is 3. The number of fused-ring (bicyclic) bond motifs is 1. The summed E-state index contributed by atoms with van der Waals surface area (Å²) in [5.74, 6) is 1.65. The van der Waals surface area contributed by atoms with E-state index in [9.17, 15) is 0 Å². The van der Waals surface area contributed by atoms with E-state index in [1.165, 1.54) is 6.42 Å². The second-order valence-electron chi connectivity index (χ2n) is 6.92. The third-order valence-corrected chi connectivity index (χ3v) is 5.86. The van der Waals surface area contributed by atoms with Crippen molar-refractivity contribution in [2.24, 2.45) is 4.99 Å². The predicted molar refractivity (Wildman–Crippen MR) is 108 cm³/mol. The summed E-state index contributed by atoms with van der Waals surface area (Å²) in [5.41, 5.74) is 1.53. The van der Waals surface area contributed by atoms with Crippen LogP contribution in [0.1, 0.15) is 37.7 Å². The second kappa shape index (κ2) is 7.52. The molecule has 1 spiro atoms. The average molecular weight is 406 g/mol. The Morgan fingerprint density at radius 3 is 2.74 bits per heavy atom. The van der Waals surface area contributed by atoms with Crippen LogP contribution in [0.2, 0.25) is 10.0 Å². The van der Waals surface area contributed by atoms with E-state index in [0.29, 0.717) is 28.3 Å². The Morgan fingerprint density at radius 2 is 2.00 bits per heavy atom. The molecule has 27 heavy (non-hydrogen) atoms. The largest absolute Gasteiger partial charge is 0.467 e. The lowest BCUT2D eigenvalue weighted by Gasteiger charge is -2.42. The number of rotatable bonds is 3. The highest BCUT2D eigenvalue weighted by atomic mass is 35.5. The summed E-state index contributed by atoms with van der Waals surface area (Å²) in [5, 5.41) is 8.25. The molecule has 2 aliphatic rings. The van der Waals surface area contributed by atoms with Crippen LogP contribution in [0.15, 0.2) is 29.4 Å². The van der Waals surface area contributed by atoms with E-state index in [2.05, 4.69) is 20.6 Å². The Bertz CT molecular complexity index is 880. The summed E-state index contributed by atoms with van der Waals surface area (Å²) in [6.07, 6.45) is 7.24. The van der Waals surface area contributed by atoms with Crippen molar-refractivity contribution in [1.29, 1.82) is 0 Å². The summed E-state index contributed by atoms with van der Waals surface area (Å²) in [7, 11) is 1.56. The first kappa shape index (κ1) is 18.3. The van der Waals surface area contributed by atoms with Gasteiger partial charge < -0.3 is 15.4 Å². The lowest BCUT2D eigenvalue weighted by atomic mass is 9.79. The zero-order valence-electron chi connectivity index (χ0n) is 15.1. The number of hydrogen-bond donors (Lipinski definition) is 2. The quantitative estimate of drug-likeness (QED) is 0.771. The van der Waals surface area contributed by atoms with Gasteiger partial charge in [0.1, 0.15) is 11.5 Å². The molecule has 0 atom stereocenters. The second-order valence-corrected chi connectivity index (χ2v) is 7.74. The highest BCUT2D eigenvalue weighted by molar-refractivity contribution is 6.42. The molecule has 2 N–H and O–H groups in total. The summed E-state index contributed by atoms with van der Waals surface area (Å²) >= 11 is 12.2. The molecule has 1 saturated carbocycles. The van der Waals surface area contributed by atoms with Crippen LogP contribution in [0.3, 0.4) is 0 Å². The maximum Gasteiger partial charge on any atom is 0.318 e. The number of methoxy groups -OCH3 is 1. The third-order valence-electron chi connectivity index (χ3n) is 5.12. The lowest BCUT2D eigenvalue weighted by Crippen LogP contribution is -2.55. The molecule has 6 nitrogen and oxygen atoms in total. The van der Waals surface area contributed by atoms with Crippen LogP contribution in [0, 0.1) is 0 Å². The fraction of sp³-hybridized carbons (Fsp3) is 0.421. The number of ether oxygens (including phenoxy) is 1. The van der Waals surface area contributed by atoms with Crippen molar-refractivity contribution in [3.8, 4) is 6.01 Å². The average Bonchev–Trinajstić information content (AvgIpc) is 2.69. The molecule has 4 rings (SSSR count). The summed E-state index contributed by atoms with van der Waals surface area (Å²) in [6, 6.07) is 6.00. The van der Waals surface area contributed by atoms with E-state index < -0.39 is 0 Å². The first-order valence-electron chi connectivity index (χ1n) is 9.06. The van der Waals surface area contributed by atoms with E-state index >= 15 is 0 Å². The number of hydrogen-bond acceptors (Lipinski definition) is 6.